The molecule has 0 atom stereocenters. The molecule has 0 aliphatic carbocycles. The third kappa shape index (κ3) is 3.12. The second-order valence-corrected chi connectivity index (χ2v) is 5.85. The Morgan fingerprint density at radius 3 is 2.27 bits per heavy atom. The van der Waals surface area contributed by atoms with Crippen molar-refractivity contribution in [1.82, 2.24) is 4.90 Å². The maximum atomic E-state index is 12.1. The van der Waals surface area contributed by atoms with Gasteiger partial charge in [0, 0.05) is 6.54 Å². The maximum absolute atomic E-state index is 12.1. The van der Waals surface area contributed by atoms with Crippen LogP contribution >= 0.6 is 0 Å². The first-order valence-corrected chi connectivity index (χ1v) is 7.30. The number of nitrogens with zero attached hydrogens (tertiary/aromatic N) is 1. The van der Waals surface area contributed by atoms with Gasteiger partial charge >= 0.3 is 0 Å². The van der Waals surface area contributed by atoms with Gasteiger partial charge in [0.15, 0.2) is 0 Å². The number of hydrogen-bond acceptors (Lipinski definition) is 3. The lowest BCUT2D eigenvalue weighted by Crippen LogP contribution is -2.35. The summed E-state index contributed by atoms with van der Waals surface area (Å²) in [7, 11) is 0. The number of para-hydroxylation sites is 1. The minimum absolute atomic E-state index is 0.0251. The zero-order valence-corrected chi connectivity index (χ0v) is 12.8. The molecule has 0 unspecified atom stereocenters. The number of hydrogen-bond donors (Lipinski definition) is 0. The van der Waals surface area contributed by atoms with Crippen LogP contribution in [-0.4, -0.2) is 23.1 Å². The second-order valence-electron chi connectivity index (χ2n) is 5.85. The van der Waals surface area contributed by atoms with Crippen LogP contribution in [0, 0.1) is 0 Å². The van der Waals surface area contributed by atoms with E-state index in [9.17, 15) is 4.79 Å². The summed E-state index contributed by atoms with van der Waals surface area (Å²) in [5.74, 6) is 1.61. The van der Waals surface area contributed by atoms with Crippen LogP contribution in [0.25, 0.3) is 0 Å². The van der Waals surface area contributed by atoms with Crippen molar-refractivity contribution in [3.05, 3.63) is 60.2 Å². The van der Waals surface area contributed by atoms with Crippen molar-refractivity contribution >= 4 is 5.91 Å². The predicted molar refractivity (Wildman–Crippen MR) is 83.5 cm³/mol. The molecular formula is C18H19NO3. The Morgan fingerprint density at radius 2 is 1.68 bits per heavy atom. The Morgan fingerprint density at radius 1 is 1.05 bits per heavy atom. The Kier molecular flexibility index (Phi) is 3.86. The van der Waals surface area contributed by atoms with Crippen LogP contribution in [-0.2, 0) is 16.1 Å². The van der Waals surface area contributed by atoms with E-state index in [1.165, 1.54) is 0 Å². The van der Waals surface area contributed by atoms with E-state index in [-0.39, 0.29) is 5.91 Å². The fraction of sp³-hybridized carbons (Fsp3) is 0.278. The van der Waals surface area contributed by atoms with E-state index < -0.39 is 5.60 Å². The van der Waals surface area contributed by atoms with Gasteiger partial charge in [-0.3, -0.25) is 4.79 Å². The number of ether oxygens (including phenoxy) is 2. The molecule has 3 rings (SSSR count). The molecule has 0 aromatic heterocycles. The molecule has 22 heavy (non-hydrogen) atoms. The maximum Gasteiger partial charge on any atom is 0.256 e. The van der Waals surface area contributed by atoms with Crippen LogP contribution in [0.5, 0.6) is 11.5 Å². The molecule has 1 fully saturated rings. The fourth-order valence-electron chi connectivity index (χ4n) is 2.37. The summed E-state index contributed by atoms with van der Waals surface area (Å²) in [5.41, 5.74) is 0.339. The monoisotopic (exact) mass is 297 g/mol. The van der Waals surface area contributed by atoms with Crippen LogP contribution in [0.1, 0.15) is 19.4 Å². The van der Waals surface area contributed by atoms with Gasteiger partial charge in [0.05, 0.1) is 0 Å². The number of amides is 1. The Bertz CT molecular complexity index is 650. The van der Waals surface area contributed by atoms with Crippen molar-refractivity contribution in [2.75, 3.05) is 6.73 Å². The van der Waals surface area contributed by atoms with Gasteiger partial charge in [-0.05, 0) is 43.7 Å². The lowest BCUT2D eigenvalue weighted by atomic mass is 10.1. The highest BCUT2D eigenvalue weighted by molar-refractivity contribution is 5.85. The molecular weight excluding hydrogens is 278 g/mol. The van der Waals surface area contributed by atoms with Crippen molar-refractivity contribution in [3.63, 3.8) is 0 Å². The molecule has 114 valence electrons. The van der Waals surface area contributed by atoms with E-state index in [4.69, 9.17) is 9.47 Å². The molecule has 2 aromatic carbocycles. The highest BCUT2D eigenvalue weighted by Crippen LogP contribution is 2.25. The minimum atomic E-state index is -0.712. The van der Waals surface area contributed by atoms with E-state index in [1.807, 2.05) is 54.6 Å². The van der Waals surface area contributed by atoms with Crippen LogP contribution in [0.3, 0.4) is 0 Å². The topological polar surface area (TPSA) is 38.8 Å². The Labute approximate surface area is 130 Å². The van der Waals surface area contributed by atoms with Crippen LogP contribution < -0.4 is 4.74 Å². The van der Waals surface area contributed by atoms with Crippen molar-refractivity contribution in [2.24, 2.45) is 0 Å². The van der Waals surface area contributed by atoms with Gasteiger partial charge in [0.25, 0.3) is 5.91 Å². The highest BCUT2D eigenvalue weighted by Gasteiger charge is 2.39. The fourth-order valence-corrected chi connectivity index (χ4v) is 2.37. The summed E-state index contributed by atoms with van der Waals surface area (Å²) < 4.78 is 11.2. The molecule has 0 N–H and O–H groups in total. The van der Waals surface area contributed by atoms with E-state index >= 15 is 0 Å². The van der Waals surface area contributed by atoms with Gasteiger partial charge in [0.1, 0.15) is 23.8 Å². The van der Waals surface area contributed by atoms with E-state index in [2.05, 4.69) is 0 Å². The van der Waals surface area contributed by atoms with Gasteiger partial charge in [0.2, 0.25) is 0 Å². The first-order chi connectivity index (χ1) is 10.5. The minimum Gasteiger partial charge on any atom is -0.457 e. The first-order valence-electron chi connectivity index (χ1n) is 7.30. The van der Waals surface area contributed by atoms with Gasteiger partial charge in [-0.1, -0.05) is 30.3 Å². The van der Waals surface area contributed by atoms with Gasteiger partial charge in [-0.2, -0.15) is 0 Å². The zero-order chi connectivity index (χ0) is 15.6. The molecule has 0 saturated carbocycles. The molecule has 1 amide bonds. The molecule has 1 heterocycles. The predicted octanol–water partition coefficient (Wildman–Crippen LogP) is 3.57. The number of benzene rings is 2. The average molecular weight is 297 g/mol. The summed E-state index contributed by atoms with van der Waals surface area (Å²) in [4.78, 5) is 13.8. The molecule has 2 aromatic rings. The molecule has 4 heteroatoms. The number of rotatable bonds is 4. The normalized spacial score (nSPS) is 16.8. The summed E-state index contributed by atoms with van der Waals surface area (Å²) >= 11 is 0. The molecule has 4 nitrogen and oxygen atoms in total. The van der Waals surface area contributed by atoms with Crippen LogP contribution in [0.2, 0.25) is 0 Å². The summed E-state index contributed by atoms with van der Waals surface area (Å²) in [6.45, 7) is 4.49. The molecule has 1 aliphatic rings. The third-order valence-electron chi connectivity index (χ3n) is 3.66. The average Bonchev–Trinajstić information content (AvgIpc) is 2.77. The molecule has 0 bridgehead atoms. The Hall–Kier alpha value is -2.33. The van der Waals surface area contributed by atoms with Crippen molar-refractivity contribution in [3.8, 4) is 11.5 Å². The van der Waals surface area contributed by atoms with Crippen molar-refractivity contribution < 1.29 is 14.3 Å². The highest BCUT2D eigenvalue weighted by atomic mass is 16.5. The van der Waals surface area contributed by atoms with Crippen molar-refractivity contribution in [2.45, 2.75) is 26.0 Å². The number of carbonyl (C=O) groups excluding carboxylic acids is 1. The number of carbonyl (C=O) groups is 1. The van der Waals surface area contributed by atoms with Gasteiger partial charge in [-0.15, -0.1) is 0 Å². The molecule has 0 radical (unpaired) electrons. The molecule has 1 aliphatic heterocycles. The van der Waals surface area contributed by atoms with Gasteiger partial charge < -0.3 is 14.4 Å². The molecule has 1 saturated heterocycles. The quantitative estimate of drug-likeness (QED) is 0.866. The summed E-state index contributed by atoms with van der Waals surface area (Å²) in [5, 5.41) is 0. The summed E-state index contributed by atoms with van der Waals surface area (Å²) in [6.07, 6.45) is 0. The van der Waals surface area contributed by atoms with E-state index in [0.717, 1.165) is 17.1 Å². The lowest BCUT2D eigenvalue weighted by molar-refractivity contribution is -0.134. The van der Waals surface area contributed by atoms with Crippen molar-refractivity contribution in [1.29, 1.82) is 0 Å². The van der Waals surface area contributed by atoms with Gasteiger partial charge in [-0.25, -0.2) is 0 Å². The third-order valence-corrected chi connectivity index (χ3v) is 3.66. The SMILES string of the molecule is CC1(C)OCN(Cc2ccc(Oc3ccccc3)cc2)C1=O. The standard InChI is InChI=1S/C18H19NO3/c1-18(2)17(20)19(13-21-18)12-14-8-10-16(11-9-14)22-15-6-4-3-5-7-15/h3-11H,12-13H2,1-2H3. The van der Waals surface area contributed by atoms with E-state index in [1.54, 1.807) is 18.7 Å². The summed E-state index contributed by atoms with van der Waals surface area (Å²) in [6, 6.07) is 17.4. The zero-order valence-electron chi connectivity index (χ0n) is 12.8. The second kappa shape index (κ2) is 5.81. The van der Waals surface area contributed by atoms with Crippen LogP contribution in [0.15, 0.2) is 54.6 Å². The first kappa shape index (κ1) is 14.6. The smallest absolute Gasteiger partial charge is 0.256 e. The van der Waals surface area contributed by atoms with Crippen LogP contribution in [0.4, 0.5) is 0 Å². The lowest BCUT2D eigenvalue weighted by Gasteiger charge is -2.17. The largest absolute Gasteiger partial charge is 0.457 e. The molecule has 0 spiro atoms. The van der Waals surface area contributed by atoms with E-state index in [0.29, 0.717) is 13.3 Å². The Balaban J connectivity index is 1.64.